The number of amides is 2. The Hall–Kier alpha value is -2.08. The largest absolute Gasteiger partial charge is 0.450 e. The summed E-state index contributed by atoms with van der Waals surface area (Å²) >= 11 is 0. The van der Waals surface area contributed by atoms with E-state index >= 15 is 0 Å². The van der Waals surface area contributed by atoms with Crippen LogP contribution in [0.25, 0.3) is 0 Å². The smallest absolute Gasteiger partial charge is 0.409 e. The van der Waals surface area contributed by atoms with E-state index in [1.807, 2.05) is 35.2 Å². The quantitative estimate of drug-likeness (QED) is 0.880. The Kier molecular flexibility index (Phi) is 6.72. The average Bonchev–Trinajstić information content (AvgIpc) is 2.73. The van der Waals surface area contributed by atoms with Crippen LogP contribution in [0.2, 0.25) is 0 Å². The van der Waals surface area contributed by atoms with Gasteiger partial charge in [-0.25, -0.2) is 4.79 Å². The number of carbonyl (C=O) groups excluding carboxylic acids is 2. The molecule has 0 saturated carbocycles. The van der Waals surface area contributed by atoms with Gasteiger partial charge in [0.15, 0.2) is 0 Å². The van der Waals surface area contributed by atoms with Crippen LogP contribution in [0.4, 0.5) is 4.79 Å². The number of aliphatic hydroxyl groups is 1. The van der Waals surface area contributed by atoms with Gasteiger partial charge in [0, 0.05) is 26.2 Å². The number of ether oxygens (including phenoxy) is 1. The minimum absolute atomic E-state index is 0.136. The first-order valence-corrected chi connectivity index (χ1v) is 10.0. The molecule has 148 valence electrons. The Morgan fingerprint density at radius 1 is 1.11 bits per heavy atom. The van der Waals surface area contributed by atoms with Gasteiger partial charge in [-0.1, -0.05) is 30.3 Å². The topological polar surface area (TPSA) is 70.1 Å². The fourth-order valence-corrected chi connectivity index (χ4v) is 4.18. The number of aliphatic hydroxyl groups excluding tert-OH is 1. The molecule has 2 aliphatic heterocycles. The molecule has 0 radical (unpaired) electrons. The van der Waals surface area contributed by atoms with Crippen LogP contribution in [-0.2, 0) is 9.53 Å². The van der Waals surface area contributed by atoms with Crippen LogP contribution >= 0.6 is 0 Å². The van der Waals surface area contributed by atoms with E-state index < -0.39 is 6.10 Å². The molecule has 2 saturated heterocycles. The van der Waals surface area contributed by atoms with Gasteiger partial charge >= 0.3 is 6.09 Å². The predicted octanol–water partition coefficient (Wildman–Crippen LogP) is 2.83. The molecule has 2 atom stereocenters. The minimum atomic E-state index is -0.475. The third-order valence-electron chi connectivity index (χ3n) is 5.74. The van der Waals surface area contributed by atoms with Gasteiger partial charge in [-0.3, -0.25) is 4.79 Å². The van der Waals surface area contributed by atoms with Gasteiger partial charge in [-0.05, 0) is 44.1 Å². The number of hydrogen-bond acceptors (Lipinski definition) is 4. The van der Waals surface area contributed by atoms with Crippen LogP contribution in [0.1, 0.15) is 44.3 Å². The molecule has 2 amide bonds. The number of likely N-dealkylation sites (tertiary alicyclic amines) is 2. The number of carbonyl (C=O) groups is 2. The van der Waals surface area contributed by atoms with Crippen molar-refractivity contribution in [2.75, 3.05) is 32.8 Å². The number of rotatable bonds is 4. The van der Waals surface area contributed by atoms with Crippen LogP contribution in [-0.4, -0.2) is 59.7 Å². The van der Waals surface area contributed by atoms with Crippen molar-refractivity contribution < 1.29 is 19.4 Å². The molecule has 0 aromatic heterocycles. The molecular weight excluding hydrogens is 344 g/mol. The van der Waals surface area contributed by atoms with E-state index in [2.05, 4.69) is 0 Å². The first-order valence-electron chi connectivity index (χ1n) is 10.0. The third kappa shape index (κ3) is 4.80. The van der Waals surface area contributed by atoms with Crippen LogP contribution in [0.3, 0.4) is 0 Å². The minimum Gasteiger partial charge on any atom is -0.450 e. The molecule has 1 aromatic rings. The van der Waals surface area contributed by atoms with Gasteiger partial charge in [0.05, 0.1) is 18.6 Å². The highest BCUT2D eigenvalue weighted by Crippen LogP contribution is 2.31. The van der Waals surface area contributed by atoms with Crippen molar-refractivity contribution in [2.24, 2.45) is 11.8 Å². The molecule has 1 aromatic carbocycles. The molecule has 3 rings (SSSR count). The molecule has 2 unspecified atom stereocenters. The fourth-order valence-electron chi connectivity index (χ4n) is 4.18. The Morgan fingerprint density at radius 3 is 2.48 bits per heavy atom. The first-order chi connectivity index (χ1) is 13.1. The van der Waals surface area contributed by atoms with Gasteiger partial charge < -0.3 is 19.6 Å². The van der Waals surface area contributed by atoms with Crippen molar-refractivity contribution in [1.29, 1.82) is 0 Å². The van der Waals surface area contributed by atoms with Crippen LogP contribution in [0.15, 0.2) is 30.3 Å². The maximum absolute atomic E-state index is 12.9. The summed E-state index contributed by atoms with van der Waals surface area (Å²) < 4.78 is 5.07. The van der Waals surface area contributed by atoms with Gasteiger partial charge in [-0.15, -0.1) is 0 Å². The monoisotopic (exact) mass is 374 g/mol. The van der Waals surface area contributed by atoms with E-state index in [0.717, 1.165) is 31.2 Å². The molecule has 6 heteroatoms. The Balaban J connectivity index is 1.51. The third-order valence-corrected chi connectivity index (χ3v) is 5.74. The van der Waals surface area contributed by atoms with E-state index in [4.69, 9.17) is 4.74 Å². The zero-order chi connectivity index (χ0) is 19.2. The summed E-state index contributed by atoms with van der Waals surface area (Å²) in [5.41, 5.74) is 0.944. The zero-order valence-corrected chi connectivity index (χ0v) is 16.0. The predicted molar refractivity (Wildman–Crippen MR) is 102 cm³/mol. The number of benzene rings is 1. The average molecular weight is 374 g/mol. The highest BCUT2D eigenvalue weighted by Gasteiger charge is 2.34. The molecule has 2 heterocycles. The SMILES string of the molecule is CCOC(=O)N1CCCC(C(=O)N2CCC(C(O)c3ccccc3)CC2)C1. The van der Waals surface area contributed by atoms with E-state index in [0.29, 0.717) is 32.8 Å². The highest BCUT2D eigenvalue weighted by molar-refractivity contribution is 5.80. The molecule has 27 heavy (non-hydrogen) atoms. The standard InChI is InChI=1S/C21H30N2O4/c1-2-27-21(26)23-12-6-9-18(15-23)20(25)22-13-10-17(11-14-22)19(24)16-7-4-3-5-8-16/h3-5,7-8,17-19,24H,2,6,9-15H2,1H3. The van der Waals surface area contributed by atoms with Crippen molar-refractivity contribution in [2.45, 2.75) is 38.7 Å². The normalized spacial score (nSPS) is 22.4. The van der Waals surface area contributed by atoms with Crippen LogP contribution in [0.5, 0.6) is 0 Å². The molecule has 0 aliphatic carbocycles. The lowest BCUT2D eigenvalue weighted by molar-refractivity contribution is -0.139. The van der Waals surface area contributed by atoms with E-state index in [1.165, 1.54) is 0 Å². The summed E-state index contributed by atoms with van der Waals surface area (Å²) in [6, 6.07) is 9.73. The van der Waals surface area contributed by atoms with E-state index in [1.54, 1.807) is 11.8 Å². The second-order valence-electron chi connectivity index (χ2n) is 7.50. The van der Waals surface area contributed by atoms with E-state index in [9.17, 15) is 14.7 Å². The van der Waals surface area contributed by atoms with Crippen LogP contribution in [0, 0.1) is 11.8 Å². The lowest BCUT2D eigenvalue weighted by atomic mass is 9.86. The van der Waals surface area contributed by atoms with Gasteiger partial charge in [-0.2, -0.15) is 0 Å². The second-order valence-corrected chi connectivity index (χ2v) is 7.50. The van der Waals surface area contributed by atoms with Crippen molar-refractivity contribution in [3.05, 3.63) is 35.9 Å². The van der Waals surface area contributed by atoms with E-state index in [-0.39, 0.29) is 23.8 Å². The molecule has 6 nitrogen and oxygen atoms in total. The fraction of sp³-hybridized carbons (Fsp3) is 0.619. The lowest BCUT2D eigenvalue weighted by Crippen LogP contribution is -2.49. The summed E-state index contributed by atoms with van der Waals surface area (Å²) in [6.45, 7) is 4.59. The number of nitrogens with zero attached hydrogens (tertiary/aromatic N) is 2. The number of piperidine rings is 2. The van der Waals surface area contributed by atoms with Crippen LogP contribution < -0.4 is 0 Å². The molecule has 0 spiro atoms. The maximum atomic E-state index is 12.9. The van der Waals surface area contributed by atoms with Crippen molar-refractivity contribution in [3.63, 3.8) is 0 Å². The molecule has 0 bridgehead atoms. The van der Waals surface area contributed by atoms with Gasteiger partial charge in [0.2, 0.25) is 5.91 Å². The zero-order valence-electron chi connectivity index (χ0n) is 16.0. The number of hydrogen-bond donors (Lipinski definition) is 1. The maximum Gasteiger partial charge on any atom is 0.409 e. The highest BCUT2D eigenvalue weighted by atomic mass is 16.6. The van der Waals surface area contributed by atoms with Gasteiger partial charge in [0.1, 0.15) is 0 Å². The summed E-state index contributed by atoms with van der Waals surface area (Å²) in [5.74, 6) is 0.175. The molecule has 2 aliphatic rings. The summed E-state index contributed by atoms with van der Waals surface area (Å²) in [7, 11) is 0. The Bertz CT molecular complexity index is 628. The second kappa shape index (κ2) is 9.22. The summed E-state index contributed by atoms with van der Waals surface area (Å²) in [5, 5.41) is 10.6. The molecule has 2 fully saturated rings. The first kappa shape index (κ1) is 19.7. The van der Waals surface area contributed by atoms with Crippen molar-refractivity contribution in [1.82, 2.24) is 9.80 Å². The van der Waals surface area contributed by atoms with Crippen molar-refractivity contribution >= 4 is 12.0 Å². The lowest BCUT2D eigenvalue weighted by Gasteiger charge is -2.38. The molecule has 1 N–H and O–H groups in total. The Morgan fingerprint density at radius 2 is 1.81 bits per heavy atom. The van der Waals surface area contributed by atoms with Crippen molar-refractivity contribution in [3.8, 4) is 0 Å². The van der Waals surface area contributed by atoms with Gasteiger partial charge in [0.25, 0.3) is 0 Å². The Labute approximate surface area is 161 Å². The summed E-state index contributed by atoms with van der Waals surface area (Å²) in [4.78, 5) is 28.4. The summed E-state index contributed by atoms with van der Waals surface area (Å²) in [6.07, 6.45) is 2.46. The molecular formula is C21H30N2O4.